The van der Waals surface area contributed by atoms with Gasteiger partial charge in [0.15, 0.2) is 0 Å². The number of carboxylic acids is 1. The molecule has 21 heavy (non-hydrogen) atoms. The van der Waals surface area contributed by atoms with Crippen LogP contribution < -0.4 is 10.1 Å². The van der Waals surface area contributed by atoms with Gasteiger partial charge in [0.1, 0.15) is 5.75 Å². The maximum atomic E-state index is 10.8. The lowest BCUT2D eigenvalue weighted by Crippen LogP contribution is -2.18. The first-order chi connectivity index (χ1) is 10.1. The van der Waals surface area contributed by atoms with Crippen molar-refractivity contribution in [2.45, 2.75) is 19.5 Å². The maximum absolute atomic E-state index is 10.8. The molecule has 0 fully saturated rings. The minimum atomic E-state index is -0.966. The summed E-state index contributed by atoms with van der Waals surface area (Å²) >= 11 is 0. The van der Waals surface area contributed by atoms with Crippen molar-refractivity contribution < 1.29 is 14.6 Å². The quantitative estimate of drug-likeness (QED) is 0.854. The molecule has 5 nitrogen and oxygen atoms in total. The van der Waals surface area contributed by atoms with E-state index in [-0.39, 0.29) is 11.6 Å². The third kappa shape index (κ3) is 4.03. The van der Waals surface area contributed by atoms with Gasteiger partial charge < -0.3 is 15.2 Å². The summed E-state index contributed by atoms with van der Waals surface area (Å²) in [5.74, 6) is -0.142. The average molecular weight is 286 g/mol. The molecule has 1 atom stereocenters. The van der Waals surface area contributed by atoms with Gasteiger partial charge in [-0.3, -0.25) is 4.98 Å². The molecule has 2 N–H and O–H groups in total. The molecule has 2 aromatic rings. The molecule has 0 radical (unpaired) electrons. The summed E-state index contributed by atoms with van der Waals surface area (Å²) in [6, 6.07) is 11.3. The van der Waals surface area contributed by atoms with E-state index >= 15 is 0 Å². The molecule has 1 heterocycles. The molecule has 0 saturated carbocycles. The van der Waals surface area contributed by atoms with Crippen LogP contribution in [0.15, 0.2) is 42.6 Å². The molecule has 0 amide bonds. The topological polar surface area (TPSA) is 71.5 Å². The molecule has 0 spiro atoms. The van der Waals surface area contributed by atoms with Gasteiger partial charge in [-0.1, -0.05) is 12.1 Å². The van der Waals surface area contributed by atoms with Crippen molar-refractivity contribution >= 4 is 5.97 Å². The fourth-order valence-electron chi connectivity index (χ4n) is 1.94. The Balaban J connectivity index is 1.96. The second-order valence-electron chi connectivity index (χ2n) is 4.72. The maximum Gasteiger partial charge on any atom is 0.337 e. The smallest absolute Gasteiger partial charge is 0.337 e. The van der Waals surface area contributed by atoms with E-state index in [4.69, 9.17) is 9.84 Å². The normalized spacial score (nSPS) is 11.9. The number of nitrogens with one attached hydrogen (secondary N) is 1. The molecular weight excluding hydrogens is 268 g/mol. The van der Waals surface area contributed by atoms with E-state index in [0.717, 1.165) is 17.0 Å². The predicted octanol–water partition coefficient (Wildman–Crippen LogP) is 2.64. The Kier molecular flexibility index (Phi) is 4.90. The van der Waals surface area contributed by atoms with Crippen LogP contribution in [0.4, 0.5) is 0 Å². The second kappa shape index (κ2) is 6.85. The van der Waals surface area contributed by atoms with E-state index in [2.05, 4.69) is 17.2 Å². The van der Waals surface area contributed by atoms with Crippen molar-refractivity contribution in [1.29, 1.82) is 0 Å². The minimum absolute atomic E-state index is 0.140. The van der Waals surface area contributed by atoms with Crippen LogP contribution in [0, 0.1) is 0 Å². The van der Waals surface area contributed by atoms with E-state index in [0.29, 0.717) is 6.54 Å². The van der Waals surface area contributed by atoms with Gasteiger partial charge in [-0.25, -0.2) is 4.79 Å². The molecule has 2 rings (SSSR count). The number of aromatic carboxylic acids is 1. The molecule has 0 saturated heterocycles. The van der Waals surface area contributed by atoms with Crippen molar-refractivity contribution in [2.24, 2.45) is 0 Å². The first kappa shape index (κ1) is 15.0. The van der Waals surface area contributed by atoms with E-state index in [1.165, 1.54) is 6.20 Å². The van der Waals surface area contributed by atoms with Crippen molar-refractivity contribution in [3.63, 3.8) is 0 Å². The zero-order chi connectivity index (χ0) is 15.2. The van der Waals surface area contributed by atoms with Gasteiger partial charge >= 0.3 is 5.97 Å². The van der Waals surface area contributed by atoms with Crippen LogP contribution in [0.5, 0.6) is 5.75 Å². The molecule has 1 aromatic heterocycles. The van der Waals surface area contributed by atoms with Crippen molar-refractivity contribution in [3.05, 3.63) is 59.4 Å². The molecular formula is C16H18N2O3. The van der Waals surface area contributed by atoms with E-state index in [9.17, 15) is 4.79 Å². The summed E-state index contributed by atoms with van der Waals surface area (Å²) in [6.45, 7) is 2.62. The molecule has 0 bridgehead atoms. The molecule has 0 unspecified atom stereocenters. The van der Waals surface area contributed by atoms with Gasteiger partial charge in [0.25, 0.3) is 0 Å². The standard InChI is InChI=1S/C16H18N2O3/c1-11(12-4-3-5-15(8-12)21-2)17-10-14-7-6-13(9-18-14)16(19)20/h3-9,11,17H,10H2,1-2H3,(H,19,20)/t11-/m0/s1. The van der Waals surface area contributed by atoms with Crippen LogP contribution in [0.25, 0.3) is 0 Å². The first-order valence-electron chi connectivity index (χ1n) is 6.65. The number of hydrogen-bond donors (Lipinski definition) is 2. The van der Waals surface area contributed by atoms with Gasteiger partial charge in [0.05, 0.1) is 18.4 Å². The number of aromatic nitrogens is 1. The Morgan fingerprint density at radius 2 is 2.19 bits per heavy atom. The van der Waals surface area contributed by atoms with Crippen LogP contribution in [0.3, 0.4) is 0 Å². The number of methoxy groups -OCH3 is 1. The van der Waals surface area contributed by atoms with Gasteiger partial charge in [-0.2, -0.15) is 0 Å². The third-order valence-corrected chi connectivity index (χ3v) is 3.25. The van der Waals surface area contributed by atoms with Gasteiger partial charge in [-0.05, 0) is 36.8 Å². The Morgan fingerprint density at radius 3 is 2.81 bits per heavy atom. The lowest BCUT2D eigenvalue weighted by molar-refractivity contribution is 0.0696. The molecule has 0 aliphatic carbocycles. The zero-order valence-electron chi connectivity index (χ0n) is 12.0. The van der Waals surface area contributed by atoms with E-state index in [1.807, 2.05) is 24.3 Å². The average Bonchev–Trinajstić information content (AvgIpc) is 2.53. The summed E-state index contributed by atoms with van der Waals surface area (Å²) in [4.78, 5) is 14.9. The first-order valence-corrected chi connectivity index (χ1v) is 6.65. The minimum Gasteiger partial charge on any atom is -0.497 e. The van der Waals surface area contributed by atoms with E-state index in [1.54, 1.807) is 19.2 Å². The fourth-order valence-corrected chi connectivity index (χ4v) is 1.94. The lowest BCUT2D eigenvalue weighted by Gasteiger charge is -2.15. The number of nitrogens with zero attached hydrogens (tertiary/aromatic N) is 1. The highest BCUT2D eigenvalue weighted by Gasteiger charge is 2.07. The van der Waals surface area contributed by atoms with Gasteiger partial charge in [0.2, 0.25) is 0 Å². The number of ether oxygens (including phenoxy) is 1. The largest absolute Gasteiger partial charge is 0.497 e. The lowest BCUT2D eigenvalue weighted by atomic mass is 10.1. The molecule has 0 aliphatic heterocycles. The summed E-state index contributed by atoms with van der Waals surface area (Å²) in [6.07, 6.45) is 1.37. The highest BCUT2D eigenvalue weighted by Crippen LogP contribution is 2.18. The van der Waals surface area contributed by atoms with E-state index < -0.39 is 5.97 Å². The SMILES string of the molecule is COc1cccc([C@H](C)NCc2ccc(C(=O)O)cn2)c1. The molecule has 110 valence electrons. The van der Waals surface area contributed by atoms with Crippen LogP contribution in [0.1, 0.15) is 34.6 Å². The third-order valence-electron chi connectivity index (χ3n) is 3.25. The fraction of sp³-hybridized carbons (Fsp3) is 0.250. The van der Waals surface area contributed by atoms with Crippen LogP contribution in [-0.4, -0.2) is 23.2 Å². The molecule has 0 aliphatic rings. The highest BCUT2D eigenvalue weighted by atomic mass is 16.5. The van der Waals surface area contributed by atoms with Crippen LogP contribution in [-0.2, 0) is 6.54 Å². The number of benzene rings is 1. The molecule has 5 heteroatoms. The number of pyridine rings is 1. The zero-order valence-corrected chi connectivity index (χ0v) is 12.0. The Labute approximate surface area is 123 Å². The Bertz CT molecular complexity index is 611. The molecule has 1 aromatic carbocycles. The Morgan fingerprint density at radius 1 is 1.38 bits per heavy atom. The number of carboxylic acid groups (broad SMARTS) is 1. The second-order valence-corrected chi connectivity index (χ2v) is 4.72. The Hall–Kier alpha value is -2.40. The summed E-state index contributed by atoms with van der Waals surface area (Å²) in [5, 5.41) is 12.2. The monoisotopic (exact) mass is 286 g/mol. The van der Waals surface area contributed by atoms with Crippen LogP contribution in [0.2, 0.25) is 0 Å². The summed E-state index contributed by atoms with van der Waals surface area (Å²) < 4.78 is 5.21. The van der Waals surface area contributed by atoms with Crippen molar-refractivity contribution in [3.8, 4) is 5.75 Å². The number of rotatable bonds is 6. The predicted molar refractivity (Wildman–Crippen MR) is 79.4 cm³/mol. The van der Waals surface area contributed by atoms with Gasteiger partial charge in [0, 0.05) is 18.8 Å². The summed E-state index contributed by atoms with van der Waals surface area (Å²) in [7, 11) is 1.64. The van der Waals surface area contributed by atoms with Crippen molar-refractivity contribution in [2.75, 3.05) is 7.11 Å². The highest BCUT2D eigenvalue weighted by molar-refractivity contribution is 5.87. The van der Waals surface area contributed by atoms with Crippen molar-refractivity contribution in [1.82, 2.24) is 10.3 Å². The van der Waals surface area contributed by atoms with Gasteiger partial charge in [-0.15, -0.1) is 0 Å². The summed E-state index contributed by atoms with van der Waals surface area (Å²) in [5.41, 5.74) is 2.12. The van der Waals surface area contributed by atoms with Crippen LogP contribution >= 0.6 is 0 Å². The number of hydrogen-bond acceptors (Lipinski definition) is 4. The number of carbonyl (C=O) groups is 1.